The van der Waals surface area contributed by atoms with Crippen LogP contribution >= 0.6 is 0 Å². The summed E-state index contributed by atoms with van der Waals surface area (Å²) >= 11 is 0. The van der Waals surface area contributed by atoms with Gasteiger partial charge in [-0.1, -0.05) is 0 Å². The van der Waals surface area contributed by atoms with Crippen molar-refractivity contribution in [2.45, 2.75) is 6.42 Å². The van der Waals surface area contributed by atoms with E-state index in [1.807, 2.05) is 0 Å². The van der Waals surface area contributed by atoms with E-state index in [-0.39, 0.29) is 31.1 Å². The first kappa shape index (κ1) is 8.86. The maximum absolute atomic E-state index is 11.0. The van der Waals surface area contributed by atoms with Crippen molar-refractivity contribution in [1.82, 2.24) is 5.32 Å². The maximum atomic E-state index is 11.0. The SMILES string of the molecule is O=C(O)CC1C(=O)CNCC1=O. The number of piperidine rings is 1. The molecule has 1 saturated heterocycles. The summed E-state index contributed by atoms with van der Waals surface area (Å²) in [4.78, 5) is 32.2. The second-order valence-electron chi connectivity index (χ2n) is 2.69. The van der Waals surface area contributed by atoms with Crippen LogP contribution in [-0.4, -0.2) is 35.7 Å². The Hall–Kier alpha value is -1.23. The Bertz CT molecular complexity index is 220. The molecule has 0 radical (unpaired) electrons. The molecule has 0 aromatic heterocycles. The van der Waals surface area contributed by atoms with Crippen LogP contribution in [0.15, 0.2) is 0 Å². The number of Topliss-reactive ketones (excluding diaryl/α,β-unsaturated/α-hetero) is 2. The fourth-order valence-corrected chi connectivity index (χ4v) is 1.14. The van der Waals surface area contributed by atoms with E-state index in [4.69, 9.17) is 5.11 Å². The zero-order chi connectivity index (χ0) is 9.14. The lowest BCUT2D eigenvalue weighted by Gasteiger charge is -2.18. The molecule has 5 heteroatoms. The van der Waals surface area contributed by atoms with Gasteiger partial charge >= 0.3 is 5.97 Å². The van der Waals surface area contributed by atoms with Gasteiger partial charge in [0.15, 0.2) is 11.6 Å². The zero-order valence-electron chi connectivity index (χ0n) is 6.37. The van der Waals surface area contributed by atoms with Crippen molar-refractivity contribution >= 4 is 17.5 Å². The molecule has 66 valence electrons. The van der Waals surface area contributed by atoms with Gasteiger partial charge in [-0.3, -0.25) is 14.4 Å². The van der Waals surface area contributed by atoms with Crippen LogP contribution in [0, 0.1) is 5.92 Å². The molecule has 0 unspecified atom stereocenters. The zero-order valence-corrected chi connectivity index (χ0v) is 6.37. The van der Waals surface area contributed by atoms with E-state index in [1.165, 1.54) is 0 Å². The molecule has 0 aromatic rings. The summed E-state index contributed by atoms with van der Waals surface area (Å²) in [6.45, 7) is 0.202. The molecular formula is C7H9NO4. The quantitative estimate of drug-likeness (QED) is 0.511. The highest BCUT2D eigenvalue weighted by atomic mass is 16.4. The van der Waals surface area contributed by atoms with Gasteiger partial charge in [-0.05, 0) is 0 Å². The third-order valence-corrected chi connectivity index (χ3v) is 1.75. The van der Waals surface area contributed by atoms with Crippen LogP contribution in [0.25, 0.3) is 0 Å². The lowest BCUT2D eigenvalue weighted by atomic mass is 9.92. The molecular weight excluding hydrogens is 162 g/mol. The van der Waals surface area contributed by atoms with Gasteiger partial charge in [-0.15, -0.1) is 0 Å². The molecule has 2 N–H and O–H groups in total. The van der Waals surface area contributed by atoms with Crippen LogP contribution in [0.4, 0.5) is 0 Å². The summed E-state index contributed by atoms with van der Waals surface area (Å²) in [5.41, 5.74) is 0. The molecule has 0 aromatic carbocycles. The third kappa shape index (κ3) is 1.88. The molecule has 0 amide bonds. The lowest BCUT2D eigenvalue weighted by molar-refractivity contribution is -0.145. The van der Waals surface area contributed by atoms with Crippen molar-refractivity contribution in [3.63, 3.8) is 0 Å². The monoisotopic (exact) mass is 171 g/mol. The number of carbonyl (C=O) groups excluding carboxylic acids is 2. The summed E-state index contributed by atoms with van der Waals surface area (Å²) in [7, 11) is 0. The molecule has 1 aliphatic rings. The van der Waals surface area contributed by atoms with Gasteiger partial charge in [0.1, 0.15) is 0 Å². The molecule has 0 atom stereocenters. The summed E-state index contributed by atoms with van der Waals surface area (Å²) in [5.74, 6) is -2.69. The van der Waals surface area contributed by atoms with Gasteiger partial charge in [-0.25, -0.2) is 0 Å². The maximum Gasteiger partial charge on any atom is 0.304 e. The molecule has 12 heavy (non-hydrogen) atoms. The molecule has 1 fully saturated rings. The van der Waals surface area contributed by atoms with Crippen LogP contribution in [0.3, 0.4) is 0 Å². The molecule has 1 aliphatic heterocycles. The second-order valence-corrected chi connectivity index (χ2v) is 2.69. The standard InChI is InChI=1S/C7H9NO4/c9-5-2-8-3-6(10)4(5)1-7(11)12/h4,8H,1-3H2,(H,11,12). The Morgan fingerprint density at radius 2 is 1.92 bits per heavy atom. The van der Waals surface area contributed by atoms with Gasteiger partial charge in [-0.2, -0.15) is 0 Å². The predicted molar refractivity (Wildman–Crippen MR) is 38.6 cm³/mol. The number of carboxylic acids is 1. The van der Waals surface area contributed by atoms with Crippen LogP contribution in [0.5, 0.6) is 0 Å². The number of carbonyl (C=O) groups is 3. The third-order valence-electron chi connectivity index (χ3n) is 1.75. The molecule has 1 rings (SSSR count). The van der Waals surface area contributed by atoms with Crippen LogP contribution in [-0.2, 0) is 14.4 Å². The average Bonchev–Trinajstić information content (AvgIpc) is 1.97. The van der Waals surface area contributed by atoms with E-state index in [2.05, 4.69) is 5.32 Å². The molecule has 0 spiro atoms. The minimum Gasteiger partial charge on any atom is -0.481 e. The first-order chi connectivity index (χ1) is 5.61. The molecule has 5 nitrogen and oxygen atoms in total. The predicted octanol–water partition coefficient (Wildman–Crippen LogP) is -1.18. The summed E-state index contributed by atoms with van der Waals surface area (Å²) in [5, 5.41) is 11.0. The first-order valence-corrected chi connectivity index (χ1v) is 3.59. The van der Waals surface area contributed by atoms with Gasteiger partial charge in [0, 0.05) is 0 Å². The molecule has 0 bridgehead atoms. The second kappa shape index (κ2) is 3.44. The van der Waals surface area contributed by atoms with E-state index < -0.39 is 11.9 Å². The van der Waals surface area contributed by atoms with Gasteiger partial charge < -0.3 is 10.4 Å². The Labute approximate surface area is 68.8 Å². The summed E-state index contributed by atoms with van der Waals surface area (Å²) < 4.78 is 0. The Balaban J connectivity index is 2.63. The van der Waals surface area contributed by atoms with E-state index in [1.54, 1.807) is 0 Å². The van der Waals surface area contributed by atoms with Crippen LogP contribution < -0.4 is 5.32 Å². The largest absolute Gasteiger partial charge is 0.481 e. The Morgan fingerprint density at radius 3 is 2.33 bits per heavy atom. The van der Waals surface area contributed by atoms with Crippen molar-refractivity contribution in [3.8, 4) is 0 Å². The minimum absolute atomic E-state index is 0.101. The minimum atomic E-state index is -1.11. The number of rotatable bonds is 2. The van der Waals surface area contributed by atoms with Crippen molar-refractivity contribution in [1.29, 1.82) is 0 Å². The highest BCUT2D eigenvalue weighted by Crippen LogP contribution is 2.08. The number of hydrogen-bond acceptors (Lipinski definition) is 4. The number of nitrogens with one attached hydrogen (secondary N) is 1. The van der Waals surface area contributed by atoms with Crippen molar-refractivity contribution in [2.24, 2.45) is 5.92 Å². The highest BCUT2D eigenvalue weighted by Gasteiger charge is 2.31. The fraction of sp³-hybridized carbons (Fsp3) is 0.571. The number of hydrogen-bond donors (Lipinski definition) is 2. The Morgan fingerprint density at radius 1 is 1.42 bits per heavy atom. The van der Waals surface area contributed by atoms with Crippen LogP contribution in [0.1, 0.15) is 6.42 Å². The lowest BCUT2D eigenvalue weighted by Crippen LogP contribution is -2.45. The average molecular weight is 171 g/mol. The normalized spacial score (nSPS) is 19.7. The van der Waals surface area contributed by atoms with Gasteiger partial charge in [0.2, 0.25) is 0 Å². The molecule has 0 aliphatic carbocycles. The number of carboxylic acid groups (broad SMARTS) is 1. The molecule has 1 heterocycles. The highest BCUT2D eigenvalue weighted by molar-refractivity contribution is 6.07. The van der Waals surface area contributed by atoms with Gasteiger partial charge in [0.25, 0.3) is 0 Å². The van der Waals surface area contributed by atoms with Crippen LogP contribution in [0.2, 0.25) is 0 Å². The van der Waals surface area contributed by atoms with E-state index in [9.17, 15) is 14.4 Å². The smallest absolute Gasteiger partial charge is 0.304 e. The molecule has 0 saturated carbocycles. The summed E-state index contributed by atoms with van der Waals surface area (Å²) in [6, 6.07) is 0. The van der Waals surface area contributed by atoms with Crippen molar-refractivity contribution in [2.75, 3.05) is 13.1 Å². The number of aliphatic carboxylic acids is 1. The van der Waals surface area contributed by atoms with Crippen molar-refractivity contribution in [3.05, 3.63) is 0 Å². The summed E-state index contributed by atoms with van der Waals surface area (Å²) in [6.07, 6.45) is -0.376. The van der Waals surface area contributed by atoms with E-state index in [0.717, 1.165) is 0 Å². The topological polar surface area (TPSA) is 83.5 Å². The van der Waals surface area contributed by atoms with E-state index in [0.29, 0.717) is 0 Å². The van der Waals surface area contributed by atoms with Gasteiger partial charge in [0.05, 0.1) is 25.4 Å². The number of ketones is 2. The van der Waals surface area contributed by atoms with Crippen molar-refractivity contribution < 1.29 is 19.5 Å². The first-order valence-electron chi connectivity index (χ1n) is 3.59. The fourth-order valence-electron chi connectivity index (χ4n) is 1.14. The van der Waals surface area contributed by atoms with E-state index >= 15 is 0 Å². The Kier molecular flexibility index (Phi) is 2.54.